The van der Waals surface area contributed by atoms with Crippen molar-refractivity contribution >= 4 is 33.0 Å². The van der Waals surface area contributed by atoms with Gasteiger partial charge in [-0.15, -0.1) is 11.3 Å². The molecule has 23 heavy (non-hydrogen) atoms. The van der Waals surface area contributed by atoms with Crippen LogP contribution >= 0.6 is 11.3 Å². The van der Waals surface area contributed by atoms with Gasteiger partial charge in [0, 0.05) is 0 Å². The summed E-state index contributed by atoms with van der Waals surface area (Å²) in [5.74, 6) is -1.58. The Morgan fingerprint density at radius 1 is 1.35 bits per heavy atom. The number of sulfonamides is 1. The third kappa shape index (κ3) is 3.96. The van der Waals surface area contributed by atoms with Gasteiger partial charge in [-0.3, -0.25) is 4.72 Å². The third-order valence-electron chi connectivity index (χ3n) is 2.70. The van der Waals surface area contributed by atoms with E-state index < -0.39 is 22.6 Å². The molecule has 0 unspecified atom stereocenters. The average molecular weight is 363 g/mol. The summed E-state index contributed by atoms with van der Waals surface area (Å²) in [6, 6.07) is 6.50. The molecule has 0 saturated heterocycles. The van der Waals surface area contributed by atoms with Crippen LogP contribution in [0.1, 0.15) is 15.2 Å². The minimum absolute atomic E-state index is 0.109. The van der Waals surface area contributed by atoms with Gasteiger partial charge in [0.2, 0.25) is 0 Å². The second-order valence-corrected chi connectivity index (χ2v) is 7.32. The molecular weight excluding hydrogens is 352 g/mol. The quantitative estimate of drug-likeness (QED) is 0.822. The van der Waals surface area contributed by atoms with Gasteiger partial charge in [0.05, 0.1) is 5.69 Å². The molecule has 0 bridgehead atoms. The van der Waals surface area contributed by atoms with Crippen LogP contribution in [0.4, 0.5) is 14.5 Å². The fraction of sp³-hybridized carbons (Fsp3) is 0.154. The first-order chi connectivity index (χ1) is 10.7. The van der Waals surface area contributed by atoms with E-state index in [2.05, 4.69) is 9.46 Å². The number of thiophene rings is 1. The van der Waals surface area contributed by atoms with Gasteiger partial charge in [-0.05, 0) is 30.7 Å². The Kier molecular flexibility index (Phi) is 4.85. The summed E-state index contributed by atoms with van der Waals surface area (Å²) in [4.78, 5) is 10.9. The molecule has 10 heteroatoms. The van der Waals surface area contributed by atoms with Crippen molar-refractivity contribution in [1.82, 2.24) is 0 Å². The van der Waals surface area contributed by atoms with E-state index in [1.54, 1.807) is 0 Å². The van der Waals surface area contributed by atoms with Gasteiger partial charge in [-0.2, -0.15) is 8.78 Å². The normalized spacial score (nSPS) is 11.5. The van der Waals surface area contributed by atoms with Crippen molar-refractivity contribution < 1.29 is 31.8 Å². The first-order valence-electron chi connectivity index (χ1n) is 6.11. The summed E-state index contributed by atoms with van der Waals surface area (Å²) in [5.41, 5.74) is 0.121. The number of aromatic carboxylic acids is 1. The number of carboxylic acid groups (broad SMARTS) is 1. The molecule has 1 aromatic carbocycles. The Labute approximate surface area is 134 Å². The van der Waals surface area contributed by atoms with Gasteiger partial charge in [0.15, 0.2) is 0 Å². The van der Waals surface area contributed by atoms with E-state index in [0.717, 1.165) is 0 Å². The monoisotopic (exact) mass is 363 g/mol. The number of halogens is 2. The summed E-state index contributed by atoms with van der Waals surface area (Å²) in [6.07, 6.45) is 0. The summed E-state index contributed by atoms with van der Waals surface area (Å²) in [5, 5.41) is 8.97. The molecule has 2 rings (SSSR count). The number of rotatable bonds is 6. The van der Waals surface area contributed by atoms with Crippen molar-refractivity contribution in [2.24, 2.45) is 0 Å². The fourth-order valence-electron chi connectivity index (χ4n) is 1.74. The molecule has 0 atom stereocenters. The number of anilines is 1. The number of aryl methyl sites for hydroxylation is 1. The van der Waals surface area contributed by atoms with E-state index in [1.165, 1.54) is 37.3 Å². The molecule has 2 N–H and O–H groups in total. The summed E-state index contributed by atoms with van der Waals surface area (Å²) in [6.45, 7) is -1.64. The van der Waals surface area contributed by atoms with Gasteiger partial charge in [-0.25, -0.2) is 13.2 Å². The van der Waals surface area contributed by atoms with E-state index in [-0.39, 0.29) is 20.5 Å². The number of benzene rings is 1. The number of para-hydroxylation sites is 2. The molecule has 0 saturated carbocycles. The van der Waals surface area contributed by atoms with Gasteiger partial charge in [0.25, 0.3) is 10.0 Å². The number of nitrogens with one attached hydrogen (secondary N) is 1. The van der Waals surface area contributed by atoms with E-state index in [0.29, 0.717) is 16.9 Å². The van der Waals surface area contributed by atoms with Crippen LogP contribution in [0.15, 0.2) is 34.5 Å². The maximum absolute atomic E-state index is 12.3. The Hall–Kier alpha value is -2.20. The molecule has 1 aromatic heterocycles. The maximum Gasteiger partial charge on any atom is 0.387 e. The highest BCUT2D eigenvalue weighted by Gasteiger charge is 2.23. The summed E-state index contributed by atoms with van der Waals surface area (Å²) < 4.78 is 55.4. The SMILES string of the molecule is Cc1cc(S(=O)(=O)Nc2ccccc2OC(F)F)sc1C(=O)O. The van der Waals surface area contributed by atoms with Crippen LogP contribution in [0, 0.1) is 6.92 Å². The number of hydrogen-bond acceptors (Lipinski definition) is 5. The predicted molar refractivity (Wildman–Crippen MR) is 79.9 cm³/mol. The molecular formula is C13H11F2NO5S2. The highest BCUT2D eigenvalue weighted by molar-refractivity contribution is 7.94. The molecule has 6 nitrogen and oxygen atoms in total. The molecule has 0 fully saturated rings. The van der Waals surface area contributed by atoms with Crippen molar-refractivity contribution in [2.75, 3.05) is 4.72 Å². The number of ether oxygens (including phenoxy) is 1. The average Bonchev–Trinajstić information content (AvgIpc) is 2.83. The first-order valence-corrected chi connectivity index (χ1v) is 8.41. The fourth-order valence-corrected chi connectivity index (χ4v) is 4.19. The zero-order chi connectivity index (χ0) is 17.2. The number of carbonyl (C=O) groups is 1. The van der Waals surface area contributed by atoms with Crippen LogP contribution < -0.4 is 9.46 Å². The van der Waals surface area contributed by atoms with Crippen molar-refractivity contribution in [2.45, 2.75) is 17.7 Å². The predicted octanol–water partition coefficient (Wildman–Crippen LogP) is 3.16. The van der Waals surface area contributed by atoms with Crippen molar-refractivity contribution in [3.63, 3.8) is 0 Å². The standard InChI is InChI=1S/C13H11F2NO5S2/c1-7-6-10(22-11(7)12(17)18)23(19,20)16-8-4-2-3-5-9(8)21-13(14)15/h2-6,13,16H,1H3,(H,17,18). The van der Waals surface area contributed by atoms with E-state index in [1.807, 2.05) is 0 Å². The second-order valence-electron chi connectivity index (χ2n) is 4.36. The largest absolute Gasteiger partial charge is 0.477 e. The third-order valence-corrected chi connectivity index (χ3v) is 5.77. The molecule has 124 valence electrons. The number of hydrogen-bond donors (Lipinski definition) is 2. The molecule has 0 aliphatic carbocycles. The first kappa shape index (κ1) is 17.2. The Bertz CT molecular complexity index is 833. The van der Waals surface area contributed by atoms with Crippen molar-refractivity contribution in [3.8, 4) is 5.75 Å². The van der Waals surface area contributed by atoms with Crippen molar-refractivity contribution in [3.05, 3.63) is 40.8 Å². The van der Waals surface area contributed by atoms with Gasteiger partial charge in [-0.1, -0.05) is 12.1 Å². The smallest absolute Gasteiger partial charge is 0.387 e. The second kappa shape index (κ2) is 6.50. The minimum Gasteiger partial charge on any atom is -0.477 e. The highest BCUT2D eigenvalue weighted by atomic mass is 32.2. The Morgan fingerprint density at radius 2 is 2.00 bits per heavy atom. The van der Waals surface area contributed by atoms with Crippen LogP contribution in [-0.2, 0) is 10.0 Å². The van der Waals surface area contributed by atoms with Crippen LogP contribution in [-0.4, -0.2) is 26.1 Å². The molecule has 0 aliphatic rings. The topological polar surface area (TPSA) is 92.7 Å². The lowest BCUT2D eigenvalue weighted by atomic mass is 10.3. The lowest BCUT2D eigenvalue weighted by Gasteiger charge is -2.12. The Morgan fingerprint density at radius 3 is 2.57 bits per heavy atom. The van der Waals surface area contributed by atoms with E-state index in [4.69, 9.17) is 5.11 Å². The van der Waals surface area contributed by atoms with Crippen LogP contribution in [0.5, 0.6) is 5.75 Å². The lowest BCUT2D eigenvalue weighted by molar-refractivity contribution is -0.0493. The van der Waals surface area contributed by atoms with E-state index >= 15 is 0 Å². The zero-order valence-electron chi connectivity index (χ0n) is 11.6. The molecule has 0 amide bonds. The van der Waals surface area contributed by atoms with Crippen LogP contribution in [0.2, 0.25) is 0 Å². The van der Waals surface area contributed by atoms with Gasteiger partial charge in [0.1, 0.15) is 14.8 Å². The van der Waals surface area contributed by atoms with Gasteiger partial charge >= 0.3 is 12.6 Å². The van der Waals surface area contributed by atoms with Crippen LogP contribution in [0.25, 0.3) is 0 Å². The number of carboxylic acids is 1. The molecule has 2 aromatic rings. The lowest BCUT2D eigenvalue weighted by Crippen LogP contribution is -2.13. The molecule has 0 spiro atoms. The zero-order valence-corrected chi connectivity index (χ0v) is 13.2. The van der Waals surface area contributed by atoms with Crippen molar-refractivity contribution in [1.29, 1.82) is 0 Å². The molecule has 1 heterocycles. The molecule has 0 radical (unpaired) electrons. The molecule has 0 aliphatic heterocycles. The minimum atomic E-state index is -4.13. The van der Waals surface area contributed by atoms with Crippen LogP contribution in [0.3, 0.4) is 0 Å². The highest BCUT2D eigenvalue weighted by Crippen LogP contribution is 2.31. The number of alkyl halides is 2. The summed E-state index contributed by atoms with van der Waals surface area (Å²) in [7, 11) is -4.13. The maximum atomic E-state index is 12.3. The van der Waals surface area contributed by atoms with Gasteiger partial charge < -0.3 is 9.84 Å². The Balaban J connectivity index is 2.36. The summed E-state index contributed by atoms with van der Waals surface area (Å²) >= 11 is 0.575. The van der Waals surface area contributed by atoms with E-state index in [9.17, 15) is 22.0 Å².